The van der Waals surface area contributed by atoms with Gasteiger partial charge in [-0.3, -0.25) is 9.20 Å². The van der Waals surface area contributed by atoms with E-state index in [0.717, 1.165) is 12.1 Å². The van der Waals surface area contributed by atoms with Gasteiger partial charge in [-0.2, -0.15) is 0 Å². The molecular formula is C24H22F2N4O4. The molecule has 0 bridgehead atoms. The van der Waals surface area contributed by atoms with Gasteiger partial charge >= 0.3 is 0 Å². The number of nitrogens with one attached hydrogen (secondary N) is 1. The fourth-order valence-electron chi connectivity index (χ4n) is 3.54. The molecule has 0 saturated heterocycles. The van der Waals surface area contributed by atoms with Crippen LogP contribution in [0.4, 0.5) is 8.78 Å². The number of aliphatic hydroxyl groups is 1. The van der Waals surface area contributed by atoms with Crippen molar-refractivity contribution in [1.82, 2.24) is 19.7 Å². The van der Waals surface area contributed by atoms with E-state index >= 15 is 0 Å². The molecule has 0 aliphatic rings. The summed E-state index contributed by atoms with van der Waals surface area (Å²) >= 11 is 0. The van der Waals surface area contributed by atoms with Crippen molar-refractivity contribution in [2.75, 3.05) is 13.7 Å². The molecule has 1 amide bonds. The monoisotopic (exact) mass is 468 g/mol. The molecule has 3 heterocycles. The number of rotatable bonds is 8. The maximum Gasteiger partial charge on any atom is 0.270 e. The first kappa shape index (κ1) is 23.1. The predicted molar refractivity (Wildman–Crippen MR) is 119 cm³/mol. The van der Waals surface area contributed by atoms with Gasteiger partial charge in [-0.05, 0) is 37.3 Å². The number of hydrogen-bond donors (Lipinski definition) is 2. The molecule has 176 valence electrons. The van der Waals surface area contributed by atoms with Crippen LogP contribution in [0.2, 0.25) is 0 Å². The zero-order valence-corrected chi connectivity index (χ0v) is 18.5. The fourth-order valence-corrected chi connectivity index (χ4v) is 3.54. The lowest BCUT2D eigenvalue weighted by molar-refractivity contribution is 0.0907. The van der Waals surface area contributed by atoms with Gasteiger partial charge in [0.15, 0.2) is 11.4 Å². The number of aryl methyl sites for hydroxylation is 1. The van der Waals surface area contributed by atoms with E-state index in [-0.39, 0.29) is 30.2 Å². The Kier molecular flexibility index (Phi) is 6.69. The van der Waals surface area contributed by atoms with Crippen molar-refractivity contribution in [1.29, 1.82) is 0 Å². The van der Waals surface area contributed by atoms with Crippen molar-refractivity contribution in [3.63, 3.8) is 0 Å². The van der Waals surface area contributed by atoms with E-state index in [4.69, 9.17) is 9.47 Å². The van der Waals surface area contributed by atoms with Crippen molar-refractivity contribution in [2.24, 2.45) is 0 Å². The standard InChI is InChI=1S/C24H22F2N4O4/c1-14-22(24(32)29-19(12-31)18-8-4-10-21(28-18)33-2)30-11-5-9-20(23(30)27-14)34-13-15-16(25)6-3-7-17(15)26/h3-11,19,31H,12-13H2,1-2H3,(H,29,32). The van der Waals surface area contributed by atoms with Crippen LogP contribution in [0.15, 0.2) is 54.7 Å². The van der Waals surface area contributed by atoms with Crippen LogP contribution < -0.4 is 14.8 Å². The number of halogens is 2. The van der Waals surface area contributed by atoms with Gasteiger partial charge in [0.05, 0.1) is 36.7 Å². The van der Waals surface area contributed by atoms with Crippen LogP contribution in [-0.4, -0.2) is 39.1 Å². The summed E-state index contributed by atoms with van der Waals surface area (Å²) in [5.41, 5.74) is 1.15. The third kappa shape index (κ3) is 4.53. The summed E-state index contributed by atoms with van der Waals surface area (Å²) in [6.45, 7) is 0.921. The number of imidazole rings is 1. The third-order valence-corrected chi connectivity index (χ3v) is 5.24. The molecule has 34 heavy (non-hydrogen) atoms. The van der Waals surface area contributed by atoms with Crippen LogP contribution >= 0.6 is 0 Å². The lowest BCUT2D eigenvalue weighted by Crippen LogP contribution is -2.32. The number of ether oxygens (including phenoxy) is 2. The first-order chi connectivity index (χ1) is 16.4. The summed E-state index contributed by atoms with van der Waals surface area (Å²) in [5, 5.41) is 12.6. The van der Waals surface area contributed by atoms with E-state index in [0.29, 0.717) is 22.9 Å². The normalized spacial score (nSPS) is 11.9. The Bertz CT molecular complexity index is 1320. The van der Waals surface area contributed by atoms with Gasteiger partial charge in [0.1, 0.15) is 23.9 Å². The number of aromatic nitrogens is 3. The van der Waals surface area contributed by atoms with Crippen molar-refractivity contribution in [2.45, 2.75) is 19.6 Å². The average molecular weight is 468 g/mol. The number of fused-ring (bicyclic) bond motifs is 1. The molecule has 0 aliphatic heterocycles. The van der Waals surface area contributed by atoms with Gasteiger partial charge in [0, 0.05) is 12.3 Å². The van der Waals surface area contributed by atoms with Gasteiger partial charge in [0.2, 0.25) is 5.88 Å². The highest BCUT2D eigenvalue weighted by atomic mass is 19.1. The van der Waals surface area contributed by atoms with Gasteiger partial charge in [0.25, 0.3) is 5.91 Å². The number of carbonyl (C=O) groups is 1. The molecule has 4 rings (SSSR count). The molecule has 10 heteroatoms. The minimum absolute atomic E-state index is 0.206. The zero-order chi connectivity index (χ0) is 24.2. The fraction of sp³-hybridized carbons (Fsp3) is 0.208. The quantitative estimate of drug-likeness (QED) is 0.412. The molecule has 2 N–H and O–H groups in total. The number of carbonyl (C=O) groups excluding carboxylic acids is 1. The molecule has 8 nitrogen and oxygen atoms in total. The predicted octanol–water partition coefficient (Wildman–Crippen LogP) is 3.37. The van der Waals surface area contributed by atoms with E-state index in [1.165, 1.54) is 17.6 Å². The van der Waals surface area contributed by atoms with Crippen molar-refractivity contribution in [3.05, 3.63) is 89.0 Å². The zero-order valence-electron chi connectivity index (χ0n) is 18.5. The van der Waals surface area contributed by atoms with Gasteiger partial charge in [-0.1, -0.05) is 12.1 Å². The molecule has 0 radical (unpaired) electrons. The minimum Gasteiger partial charge on any atom is -0.485 e. The Balaban J connectivity index is 1.61. The number of hydrogen-bond acceptors (Lipinski definition) is 6. The molecule has 1 unspecified atom stereocenters. The number of amides is 1. The second-order valence-corrected chi connectivity index (χ2v) is 7.41. The first-order valence-corrected chi connectivity index (χ1v) is 10.4. The molecule has 1 atom stereocenters. The highest BCUT2D eigenvalue weighted by Crippen LogP contribution is 2.25. The summed E-state index contributed by atoms with van der Waals surface area (Å²) in [4.78, 5) is 21.8. The Morgan fingerprint density at radius 1 is 1.12 bits per heavy atom. The topological polar surface area (TPSA) is 98.0 Å². The van der Waals surface area contributed by atoms with Crippen LogP contribution in [0.3, 0.4) is 0 Å². The lowest BCUT2D eigenvalue weighted by atomic mass is 10.2. The molecule has 3 aromatic heterocycles. The van der Waals surface area contributed by atoms with E-state index in [1.807, 2.05) is 0 Å². The smallest absolute Gasteiger partial charge is 0.270 e. The Labute approximate surface area is 193 Å². The van der Waals surface area contributed by atoms with E-state index < -0.39 is 23.6 Å². The van der Waals surface area contributed by atoms with Crippen molar-refractivity contribution >= 4 is 11.6 Å². The Hall–Kier alpha value is -4.05. The van der Waals surface area contributed by atoms with E-state index in [1.54, 1.807) is 43.5 Å². The van der Waals surface area contributed by atoms with Gasteiger partial charge in [-0.25, -0.2) is 18.7 Å². The molecule has 1 aromatic carbocycles. The minimum atomic E-state index is -0.781. The summed E-state index contributed by atoms with van der Waals surface area (Å²) in [7, 11) is 1.47. The lowest BCUT2D eigenvalue weighted by Gasteiger charge is -2.16. The Morgan fingerprint density at radius 2 is 1.85 bits per heavy atom. The number of benzene rings is 1. The maximum absolute atomic E-state index is 14.0. The average Bonchev–Trinajstić information content (AvgIpc) is 3.18. The Morgan fingerprint density at radius 3 is 2.56 bits per heavy atom. The summed E-state index contributed by atoms with van der Waals surface area (Å²) < 4.78 is 40.2. The second-order valence-electron chi connectivity index (χ2n) is 7.41. The van der Waals surface area contributed by atoms with Crippen LogP contribution in [-0.2, 0) is 6.61 Å². The number of nitrogens with zero attached hydrogens (tertiary/aromatic N) is 3. The SMILES string of the molecule is COc1cccc(C(CO)NC(=O)c2c(C)nc3c(OCc4c(F)cccc4F)cccn23)n1. The summed E-state index contributed by atoms with van der Waals surface area (Å²) in [5.74, 6) is -1.32. The van der Waals surface area contributed by atoms with Crippen molar-refractivity contribution < 1.29 is 28.2 Å². The molecule has 0 saturated carbocycles. The van der Waals surface area contributed by atoms with Crippen LogP contribution in [0.5, 0.6) is 11.6 Å². The largest absolute Gasteiger partial charge is 0.485 e. The third-order valence-electron chi connectivity index (χ3n) is 5.24. The molecular weight excluding hydrogens is 446 g/mol. The number of methoxy groups -OCH3 is 1. The van der Waals surface area contributed by atoms with Gasteiger partial charge < -0.3 is 19.9 Å². The van der Waals surface area contributed by atoms with Crippen LogP contribution in [0.1, 0.15) is 33.5 Å². The summed E-state index contributed by atoms with van der Waals surface area (Å²) in [6, 6.07) is 11.1. The highest BCUT2D eigenvalue weighted by Gasteiger charge is 2.23. The maximum atomic E-state index is 14.0. The second kappa shape index (κ2) is 9.84. The van der Waals surface area contributed by atoms with Crippen molar-refractivity contribution in [3.8, 4) is 11.6 Å². The first-order valence-electron chi connectivity index (χ1n) is 10.4. The highest BCUT2D eigenvalue weighted by molar-refractivity contribution is 5.95. The molecule has 0 fully saturated rings. The molecule has 0 aliphatic carbocycles. The van der Waals surface area contributed by atoms with E-state index in [9.17, 15) is 18.7 Å². The van der Waals surface area contributed by atoms with Crippen LogP contribution in [0.25, 0.3) is 5.65 Å². The van der Waals surface area contributed by atoms with Crippen LogP contribution in [0, 0.1) is 18.6 Å². The molecule has 4 aromatic rings. The summed E-state index contributed by atoms with van der Waals surface area (Å²) in [6.07, 6.45) is 1.62. The molecule has 0 spiro atoms. The van der Waals surface area contributed by atoms with Gasteiger partial charge in [-0.15, -0.1) is 0 Å². The number of pyridine rings is 2. The van der Waals surface area contributed by atoms with E-state index in [2.05, 4.69) is 15.3 Å². The number of aliphatic hydroxyl groups excluding tert-OH is 1.